The average molecular weight is 233 g/mol. The summed E-state index contributed by atoms with van der Waals surface area (Å²) in [5.41, 5.74) is 1.49. The van der Waals surface area contributed by atoms with Crippen molar-refractivity contribution in [2.75, 3.05) is 6.54 Å². The Morgan fingerprint density at radius 2 is 2.24 bits per heavy atom. The monoisotopic (exact) mass is 233 g/mol. The van der Waals surface area contributed by atoms with E-state index in [9.17, 15) is 4.39 Å². The zero-order valence-electron chi connectivity index (χ0n) is 10.1. The molecule has 0 aliphatic carbocycles. The molecule has 4 heteroatoms. The van der Waals surface area contributed by atoms with Crippen LogP contribution < -0.4 is 5.32 Å². The Kier molecular flexibility index (Phi) is 3.54. The van der Waals surface area contributed by atoms with E-state index in [2.05, 4.69) is 10.3 Å². The lowest BCUT2D eigenvalue weighted by Gasteiger charge is -2.08. The third-order valence-corrected chi connectivity index (χ3v) is 2.68. The summed E-state index contributed by atoms with van der Waals surface area (Å²) in [7, 11) is 0. The van der Waals surface area contributed by atoms with Crippen LogP contribution in [0.15, 0.2) is 30.6 Å². The molecule has 1 aromatic heterocycles. The topological polar surface area (TPSA) is 29.9 Å². The maximum Gasteiger partial charge on any atom is 0.147 e. The number of nitrogens with zero attached hydrogens (tertiary/aromatic N) is 2. The van der Waals surface area contributed by atoms with Gasteiger partial charge in [0.25, 0.3) is 0 Å². The molecule has 0 aliphatic heterocycles. The molecule has 1 N–H and O–H groups in total. The molecule has 0 spiro atoms. The lowest BCUT2D eigenvalue weighted by atomic mass is 10.2. The summed E-state index contributed by atoms with van der Waals surface area (Å²) in [4.78, 5) is 4.09. The van der Waals surface area contributed by atoms with Crippen LogP contribution in [0.5, 0.6) is 0 Å². The summed E-state index contributed by atoms with van der Waals surface area (Å²) in [6.07, 6.45) is 3.43. The molecular formula is C13H16FN3. The Labute approximate surface area is 100 Å². The minimum atomic E-state index is -0.221. The fourth-order valence-corrected chi connectivity index (χ4v) is 1.76. The predicted octanol–water partition coefficient (Wildman–Crippen LogP) is 2.43. The van der Waals surface area contributed by atoms with E-state index in [-0.39, 0.29) is 5.82 Å². The van der Waals surface area contributed by atoms with Crippen LogP contribution in [0.25, 0.3) is 5.69 Å². The van der Waals surface area contributed by atoms with Gasteiger partial charge in [0, 0.05) is 18.9 Å². The van der Waals surface area contributed by atoms with Gasteiger partial charge in [0.1, 0.15) is 11.6 Å². The standard InChI is InChI=1S/C13H16FN3/c1-3-15-9-11-4-5-13(12(14)8-11)17-7-6-16-10(17)2/h4-8,15H,3,9H2,1-2H3. The molecule has 0 fully saturated rings. The molecule has 0 aliphatic rings. The summed E-state index contributed by atoms with van der Waals surface area (Å²) >= 11 is 0. The van der Waals surface area contributed by atoms with Crippen molar-refractivity contribution in [3.05, 3.63) is 47.8 Å². The van der Waals surface area contributed by atoms with E-state index in [0.717, 1.165) is 17.9 Å². The lowest BCUT2D eigenvalue weighted by Crippen LogP contribution is -2.12. The maximum absolute atomic E-state index is 13.9. The minimum Gasteiger partial charge on any atom is -0.313 e. The first-order valence-corrected chi connectivity index (χ1v) is 5.72. The number of rotatable bonds is 4. The quantitative estimate of drug-likeness (QED) is 0.879. The van der Waals surface area contributed by atoms with Gasteiger partial charge in [-0.1, -0.05) is 13.0 Å². The van der Waals surface area contributed by atoms with Crippen LogP contribution >= 0.6 is 0 Å². The van der Waals surface area contributed by atoms with Crippen LogP contribution in [0.4, 0.5) is 4.39 Å². The molecule has 0 atom stereocenters. The van der Waals surface area contributed by atoms with Gasteiger partial charge in [-0.05, 0) is 31.2 Å². The van der Waals surface area contributed by atoms with Crippen LogP contribution in [0.1, 0.15) is 18.3 Å². The van der Waals surface area contributed by atoms with Gasteiger partial charge in [-0.15, -0.1) is 0 Å². The fraction of sp³-hybridized carbons (Fsp3) is 0.308. The van der Waals surface area contributed by atoms with E-state index in [1.165, 1.54) is 0 Å². The number of halogens is 1. The van der Waals surface area contributed by atoms with Crippen molar-refractivity contribution in [3.8, 4) is 5.69 Å². The molecule has 0 unspecified atom stereocenters. The summed E-state index contributed by atoms with van der Waals surface area (Å²) in [6.45, 7) is 5.45. The zero-order chi connectivity index (χ0) is 12.3. The highest BCUT2D eigenvalue weighted by molar-refractivity contribution is 5.37. The van der Waals surface area contributed by atoms with Gasteiger partial charge >= 0.3 is 0 Å². The van der Waals surface area contributed by atoms with Crippen molar-refractivity contribution in [2.24, 2.45) is 0 Å². The number of aromatic nitrogens is 2. The zero-order valence-corrected chi connectivity index (χ0v) is 10.1. The highest BCUT2D eigenvalue weighted by Gasteiger charge is 2.07. The van der Waals surface area contributed by atoms with E-state index < -0.39 is 0 Å². The van der Waals surface area contributed by atoms with Crippen molar-refractivity contribution in [2.45, 2.75) is 20.4 Å². The van der Waals surface area contributed by atoms with Gasteiger partial charge in [0.05, 0.1) is 5.69 Å². The molecule has 2 aromatic rings. The normalized spacial score (nSPS) is 10.8. The molecule has 0 bridgehead atoms. The van der Waals surface area contributed by atoms with Crippen LogP contribution in [-0.2, 0) is 6.54 Å². The largest absolute Gasteiger partial charge is 0.313 e. The molecule has 90 valence electrons. The molecule has 2 rings (SSSR count). The number of hydrogen-bond donors (Lipinski definition) is 1. The highest BCUT2D eigenvalue weighted by atomic mass is 19.1. The average Bonchev–Trinajstić information content (AvgIpc) is 2.73. The Balaban J connectivity index is 2.29. The fourth-order valence-electron chi connectivity index (χ4n) is 1.76. The molecular weight excluding hydrogens is 217 g/mol. The Morgan fingerprint density at radius 1 is 1.41 bits per heavy atom. The van der Waals surface area contributed by atoms with E-state index in [0.29, 0.717) is 12.2 Å². The number of hydrogen-bond acceptors (Lipinski definition) is 2. The van der Waals surface area contributed by atoms with Crippen molar-refractivity contribution >= 4 is 0 Å². The van der Waals surface area contributed by atoms with Gasteiger partial charge in [0.15, 0.2) is 0 Å². The van der Waals surface area contributed by atoms with Gasteiger partial charge in [-0.3, -0.25) is 0 Å². The molecule has 1 heterocycles. The smallest absolute Gasteiger partial charge is 0.147 e. The van der Waals surface area contributed by atoms with Crippen LogP contribution in [0, 0.1) is 12.7 Å². The number of nitrogens with one attached hydrogen (secondary N) is 1. The van der Waals surface area contributed by atoms with Crippen molar-refractivity contribution < 1.29 is 4.39 Å². The van der Waals surface area contributed by atoms with Crippen molar-refractivity contribution in [1.82, 2.24) is 14.9 Å². The predicted molar refractivity (Wildman–Crippen MR) is 65.6 cm³/mol. The van der Waals surface area contributed by atoms with Gasteiger partial charge in [-0.25, -0.2) is 9.37 Å². The third kappa shape index (κ3) is 2.53. The number of benzene rings is 1. The van der Waals surface area contributed by atoms with Crippen LogP contribution in [0.3, 0.4) is 0 Å². The van der Waals surface area contributed by atoms with Crippen LogP contribution in [0.2, 0.25) is 0 Å². The Bertz CT molecular complexity index is 505. The van der Waals surface area contributed by atoms with Crippen molar-refractivity contribution in [3.63, 3.8) is 0 Å². The van der Waals surface area contributed by atoms with E-state index >= 15 is 0 Å². The van der Waals surface area contributed by atoms with Gasteiger partial charge in [0.2, 0.25) is 0 Å². The molecule has 0 saturated carbocycles. The lowest BCUT2D eigenvalue weighted by molar-refractivity contribution is 0.611. The number of aryl methyl sites for hydroxylation is 1. The second-order valence-corrected chi connectivity index (χ2v) is 3.91. The Morgan fingerprint density at radius 3 is 2.82 bits per heavy atom. The molecule has 0 amide bonds. The summed E-state index contributed by atoms with van der Waals surface area (Å²) < 4.78 is 15.7. The first-order chi connectivity index (χ1) is 8.22. The van der Waals surface area contributed by atoms with Crippen LogP contribution in [-0.4, -0.2) is 16.1 Å². The summed E-state index contributed by atoms with van der Waals surface area (Å²) in [5, 5.41) is 3.17. The minimum absolute atomic E-state index is 0.221. The van der Waals surface area contributed by atoms with E-state index in [1.54, 1.807) is 29.1 Å². The maximum atomic E-state index is 13.9. The van der Waals surface area contributed by atoms with Gasteiger partial charge < -0.3 is 9.88 Å². The second kappa shape index (κ2) is 5.10. The molecule has 1 aromatic carbocycles. The molecule has 17 heavy (non-hydrogen) atoms. The first-order valence-electron chi connectivity index (χ1n) is 5.72. The third-order valence-electron chi connectivity index (χ3n) is 2.68. The van der Waals surface area contributed by atoms with E-state index in [4.69, 9.17) is 0 Å². The highest BCUT2D eigenvalue weighted by Crippen LogP contribution is 2.16. The first kappa shape index (κ1) is 11.8. The molecule has 0 radical (unpaired) electrons. The van der Waals surface area contributed by atoms with Gasteiger partial charge in [-0.2, -0.15) is 0 Å². The Hall–Kier alpha value is -1.68. The molecule has 3 nitrogen and oxygen atoms in total. The van der Waals surface area contributed by atoms with E-state index in [1.807, 2.05) is 19.9 Å². The summed E-state index contributed by atoms with van der Waals surface area (Å²) in [5.74, 6) is 0.560. The summed E-state index contributed by atoms with van der Waals surface area (Å²) in [6, 6.07) is 5.29. The number of imidazole rings is 1. The SMILES string of the molecule is CCNCc1ccc(-n2ccnc2C)c(F)c1. The second-order valence-electron chi connectivity index (χ2n) is 3.91. The van der Waals surface area contributed by atoms with Crippen molar-refractivity contribution in [1.29, 1.82) is 0 Å². The molecule has 0 saturated heterocycles.